The van der Waals surface area contributed by atoms with Crippen molar-refractivity contribution >= 4 is 5.91 Å². The third kappa shape index (κ3) is 4.61. The van der Waals surface area contributed by atoms with E-state index in [1.807, 2.05) is 23.1 Å². The lowest BCUT2D eigenvalue weighted by Crippen LogP contribution is -2.50. The first-order valence-electron chi connectivity index (χ1n) is 7.20. The number of nitrogens with zero attached hydrogens (tertiary/aromatic N) is 2. The Morgan fingerprint density at radius 1 is 1.24 bits per heavy atom. The molecule has 6 heteroatoms. The highest BCUT2D eigenvalue weighted by atomic mass is 16.5. The van der Waals surface area contributed by atoms with Crippen LogP contribution in [0.2, 0.25) is 0 Å². The van der Waals surface area contributed by atoms with E-state index < -0.39 is 0 Å². The van der Waals surface area contributed by atoms with Gasteiger partial charge in [0, 0.05) is 45.3 Å². The van der Waals surface area contributed by atoms with Gasteiger partial charge in [-0.25, -0.2) is 0 Å². The van der Waals surface area contributed by atoms with E-state index in [1.165, 1.54) is 0 Å². The Labute approximate surface area is 125 Å². The van der Waals surface area contributed by atoms with E-state index in [4.69, 9.17) is 15.2 Å². The fourth-order valence-electron chi connectivity index (χ4n) is 2.33. The van der Waals surface area contributed by atoms with Crippen LogP contribution in [0.5, 0.6) is 11.5 Å². The van der Waals surface area contributed by atoms with Gasteiger partial charge in [0.2, 0.25) is 0 Å². The third-order valence-corrected chi connectivity index (χ3v) is 3.57. The number of carbonyl (C=O) groups is 1. The van der Waals surface area contributed by atoms with Crippen molar-refractivity contribution in [2.45, 2.75) is 0 Å². The molecule has 1 aromatic carbocycles. The van der Waals surface area contributed by atoms with Crippen molar-refractivity contribution in [3.63, 3.8) is 0 Å². The normalized spacial score (nSPS) is 15.8. The topological polar surface area (TPSA) is 68.0 Å². The molecule has 1 aliphatic heterocycles. The molecule has 2 N–H and O–H groups in total. The Hall–Kier alpha value is -1.79. The van der Waals surface area contributed by atoms with E-state index in [0.717, 1.165) is 38.5 Å². The summed E-state index contributed by atoms with van der Waals surface area (Å²) in [6.07, 6.45) is 0. The van der Waals surface area contributed by atoms with Gasteiger partial charge in [0.1, 0.15) is 11.5 Å². The lowest BCUT2D eigenvalue weighted by atomic mass is 10.3. The Morgan fingerprint density at radius 3 is 2.62 bits per heavy atom. The van der Waals surface area contributed by atoms with Gasteiger partial charge >= 0.3 is 0 Å². The van der Waals surface area contributed by atoms with Gasteiger partial charge in [-0.2, -0.15) is 0 Å². The van der Waals surface area contributed by atoms with Crippen LogP contribution in [0.1, 0.15) is 0 Å². The maximum absolute atomic E-state index is 12.1. The van der Waals surface area contributed by atoms with Gasteiger partial charge in [-0.15, -0.1) is 0 Å². The predicted molar refractivity (Wildman–Crippen MR) is 80.6 cm³/mol. The molecule has 1 amide bonds. The van der Waals surface area contributed by atoms with Gasteiger partial charge in [0.05, 0.1) is 7.11 Å². The van der Waals surface area contributed by atoms with Crippen molar-refractivity contribution < 1.29 is 14.3 Å². The molecule has 1 saturated heterocycles. The minimum Gasteiger partial charge on any atom is -0.497 e. The van der Waals surface area contributed by atoms with Crippen LogP contribution in [0, 0.1) is 0 Å². The zero-order valence-corrected chi connectivity index (χ0v) is 12.5. The van der Waals surface area contributed by atoms with Crippen molar-refractivity contribution in [3.8, 4) is 11.5 Å². The second-order valence-corrected chi connectivity index (χ2v) is 4.98. The summed E-state index contributed by atoms with van der Waals surface area (Å²) >= 11 is 0. The Kier molecular flexibility index (Phi) is 5.83. The summed E-state index contributed by atoms with van der Waals surface area (Å²) in [5, 5.41) is 0. The lowest BCUT2D eigenvalue weighted by Gasteiger charge is -2.34. The molecule has 0 bridgehead atoms. The van der Waals surface area contributed by atoms with Crippen LogP contribution in [-0.2, 0) is 4.79 Å². The number of benzene rings is 1. The zero-order valence-electron chi connectivity index (χ0n) is 12.5. The summed E-state index contributed by atoms with van der Waals surface area (Å²) in [4.78, 5) is 16.2. The van der Waals surface area contributed by atoms with Crippen LogP contribution in [0.3, 0.4) is 0 Å². The molecule has 0 unspecified atom stereocenters. The summed E-state index contributed by atoms with van der Waals surface area (Å²) < 4.78 is 10.7. The highest BCUT2D eigenvalue weighted by Gasteiger charge is 2.20. The average Bonchev–Trinajstić information content (AvgIpc) is 2.54. The minimum absolute atomic E-state index is 0.0187. The predicted octanol–water partition coefficient (Wildman–Crippen LogP) is 0.177. The summed E-state index contributed by atoms with van der Waals surface area (Å²) in [5.74, 6) is 1.38. The number of carbonyl (C=O) groups excluding carboxylic acids is 1. The van der Waals surface area contributed by atoms with Gasteiger partial charge in [0.15, 0.2) is 6.61 Å². The molecule has 1 aromatic rings. The molecular formula is C15H23N3O3. The number of amides is 1. The van der Waals surface area contributed by atoms with E-state index in [1.54, 1.807) is 13.2 Å². The Balaban J connectivity index is 1.77. The van der Waals surface area contributed by atoms with Crippen LogP contribution in [0.15, 0.2) is 24.3 Å². The fraction of sp³-hybridized carbons (Fsp3) is 0.533. The number of piperazine rings is 1. The molecular weight excluding hydrogens is 270 g/mol. The van der Waals surface area contributed by atoms with E-state index in [0.29, 0.717) is 12.3 Å². The van der Waals surface area contributed by atoms with E-state index >= 15 is 0 Å². The van der Waals surface area contributed by atoms with Crippen LogP contribution in [-0.4, -0.2) is 68.7 Å². The van der Waals surface area contributed by atoms with Crippen LogP contribution >= 0.6 is 0 Å². The molecule has 2 rings (SSSR count). The Bertz CT molecular complexity index is 459. The number of methoxy groups -OCH3 is 1. The second-order valence-electron chi connectivity index (χ2n) is 4.98. The maximum Gasteiger partial charge on any atom is 0.260 e. The molecule has 0 spiro atoms. The van der Waals surface area contributed by atoms with Crippen molar-refractivity contribution in [1.82, 2.24) is 9.80 Å². The number of ether oxygens (including phenoxy) is 2. The highest BCUT2D eigenvalue weighted by molar-refractivity contribution is 5.77. The van der Waals surface area contributed by atoms with E-state index in [9.17, 15) is 4.79 Å². The summed E-state index contributed by atoms with van der Waals surface area (Å²) in [6, 6.07) is 7.26. The highest BCUT2D eigenvalue weighted by Crippen LogP contribution is 2.18. The maximum atomic E-state index is 12.1. The number of hydrogen-bond acceptors (Lipinski definition) is 5. The van der Waals surface area contributed by atoms with Gasteiger partial charge in [-0.3, -0.25) is 9.69 Å². The first-order chi connectivity index (χ1) is 10.2. The molecule has 0 atom stereocenters. The average molecular weight is 293 g/mol. The molecule has 0 radical (unpaired) electrons. The Morgan fingerprint density at radius 2 is 1.95 bits per heavy atom. The molecule has 1 heterocycles. The zero-order chi connectivity index (χ0) is 15.1. The van der Waals surface area contributed by atoms with Crippen molar-refractivity contribution in [1.29, 1.82) is 0 Å². The van der Waals surface area contributed by atoms with Gasteiger partial charge < -0.3 is 20.1 Å². The van der Waals surface area contributed by atoms with Crippen LogP contribution in [0.4, 0.5) is 0 Å². The molecule has 0 aromatic heterocycles. The quantitative estimate of drug-likeness (QED) is 0.810. The molecule has 1 aliphatic rings. The second kappa shape index (κ2) is 7.85. The molecule has 0 saturated carbocycles. The summed E-state index contributed by atoms with van der Waals surface area (Å²) in [6.45, 7) is 4.84. The van der Waals surface area contributed by atoms with E-state index in [-0.39, 0.29) is 12.5 Å². The monoisotopic (exact) mass is 293 g/mol. The molecule has 6 nitrogen and oxygen atoms in total. The SMILES string of the molecule is COc1cccc(OCC(=O)N2CCN(CCN)CC2)c1. The fourth-order valence-corrected chi connectivity index (χ4v) is 2.33. The van der Waals surface area contributed by atoms with Gasteiger partial charge in [-0.1, -0.05) is 6.07 Å². The minimum atomic E-state index is 0.0187. The first kappa shape index (κ1) is 15.6. The molecule has 116 valence electrons. The largest absolute Gasteiger partial charge is 0.497 e. The van der Waals surface area contributed by atoms with Crippen molar-refractivity contribution in [3.05, 3.63) is 24.3 Å². The van der Waals surface area contributed by atoms with Crippen molar-refractivity contribution in [2.24, 2.45) is 5.73 Å². The smallest absolute Gasteiger partial charge is 0.260 e. The lowest BCUT2D eigenvalue weighted by molar-refractivity contribution is -0.135. The first-order valence-corrected chi connectivity index (χ1v) is 7.20. The van der Waals surface area contributed by atoms with Gasteiger partial charge in [-0.05, 0) is 12.1 Å². The molecule has 1 fully saturated rings. The van der Waals surface area contributed by atoms with Gasteiger partial charge in [0.25, 0.3) is 5.91 Å². The van der Waals surface area contributed by atoms with Crippen LogP contribution < -0.4 is 15.2 Å². The molecule has 0 aliphatic carbocycles. The molecule has 21 heavy (non-hydrogen) atoms. The summed E-state index contributed by atoms with van der Waals surface area (Å²) in [7, 11) is 1.60. The summed E-state index contributed by atoms with van der Waals surface area (Å²) in [5.41, 5.74) is 5.54. The van der Waals surface area contributed by atoms with E-state index in [2.05, 4.69) is 4.90 Å². The number of hydrogen-bond donors (Lipinski definition) is 1. The van der Waals surface area contributed by atoms with Crippen molar-refractivity contribution in [2.75, 3.05) is 53.0 Å². The third-order valence-electron chi connectivity index (χ3n) is 3.57. The number of rotatable bonds is 6. The standard InChI is InChI=1S/C15H23N3O3/c1-20-13-3-2-4-14(11-13)21-12-15(19)18-9-7-17(6-5-16)8-10-18/h2-4,11H,5-10,12,16H2,1H3. The van der Waals surface area contributed by atoms with Crippen LogP contribution in [0.25, 0.3) is 0 Å². The number of nitrogens with two attached hydrogens (primary N) is 1.